The number of pyridine rings is 1. The lowest BCUT2D eigenvalue weighted by atomic mass is 10.1. The molecule has 1 rings (SSSR count). The molecule has 1 aromatic heterocycles. The SMILES string of the molecule is COc1cc(C(N)C(F)F)c(F)cn1. The highest BCUT2D eigenvalue weighted by Crippen LogP contribution is 2.23. The van der Waals surface area contributed by atoms with Crippen molar-refractivity contribution < 1.29 is 17.9 Å². The molecule has 0 bridgehead atoms. The summed E-state index contributed by atoms with van der Waals surface area (Å²) in [7, 11) is 1.30. The van der Waals surface area contributed by atoms with Crippen LogP contribution in [0.1, 0.15) is 11.6 Å². The Bertz CT molecular complexity index is 319. The van der Waals surface area contributed by atoms with Crippen molar-refractivity contribution in [2.75, 3.05) is 7.11 Å². The van der Waals surface area contributed by atoms with E-state index in [0.29, 0.717) is 0 Å². The van der Waals surface area contributed by atoms with Gasteiger partial charge >= 0.3 is 0 Å². The molecule has 3 nitrogen and oxygen atoms in total. The second-order valence-corrected chi connectivity index (χ2v) is 2.61. The summed E-state index contributed by atoms with van der Waals surface area (Å²) < 4.78 is 42.0. The summed E-state index contributed by atoms with van der Waals surface area (Å²) in [5, 5.41) is 0. The number of alkyl halides is 2. The van der Waals surface area contributed by atoms with Gasteiger partial charge in [0.25, 0.3) is 6.43 Å². The van der Waals surface area contributed by atoms with Gasteiger partial charge in [0.2, 0.25) is 5.88 Å². The quantitative estimate of drug-likeness (QED) is 0.815. The minimum absolute atomic E-state index is 0.0532. The third-order valence-corrected chi connectivity index (χ3v) is 1.70. The maximum absolute atomic E-state index is 13.0. The van der Waals surface area contributed by atoms with Gasteiger partial charge in [0, 0.05) is 11.6 Å². The van der Waals surface area contributed by atoms with E-state index in [0.717, 1.165) is 12.3 Å². The molecule has 1 unspecified atom stereocenters. The molecule has 1 atom stereocenters. The molecule has 0 saturated carbocycles. The maximum Gasteiger partial charge on any atom is 0.257 e. The highest BCUT2D eigenvalue weighted by atomic mass is 19.3. The van der Waals surface area contributed by atoms with Crippen molar-refractivity contribution in [2.45, 2.75) is 12.5 Å². The summed E-state index contributed by atoms with van der Waals surface area (Å²) in [5.74, 6) is -0.809. The molecule has 0 aliphatic heterocycles. The number of hydrogen-bond donors (Lipinski definition) is 1. The van der Waals surface area contributed by atoms with Gasteiger partial charge in [0.15, 0.2) is 0 Å². The summed E-state index contributed by atoms with van der Waals surface area (Å²) in [6, 6.07) is -0.599. The van der Waals surface area contributed by atoms with Crippen molar-refractivity contribution in [3.63, 3.8) is 0 Å². The third-order valence-electron chi connectivity index (χ3n) is 1.70. The van der Waals surface area contributed by atoms with E-state index >= 15 is 0 Å². The van der Waals surface area contributed by atoms with Crippen molar-refractivity contribution >= 4 is 0 Å². The number of aromatic nitrogens is 1. The first-order valence-corrected chi connectivity index (χ1v) is 3.79. The number of nitrogens with zero attached hydrogens (tertiary/aromatic N) is 1. The Labute approximate surface area is 78.7 Å². The fourth-order valence-corrected chi connectivity index (χ4v) is 0.937. The molecule has 0 fully saturated rings. The van der Waals surface area contributed by atoms with E-state index in [2.05, 4.69) is 9.72 Å². The fourth-order valence-electron chi connectivity index (χ4n) is 0.937. The Morgan fingerprint density at radius 1 is 1.50 bits per heavy atom. The lowest BCUT2D eigenvalue weighted by Crippen LogP contribution is -2.20. The normalized spacial score (nSPS) is 13.0. The van der Waals surface area contributed by atoms with E-state index in [1.165, 1.54) is 7.11 Å². The number of methoxy groups -OCH3 is 1. The molecular formula is C8H9F3N2O. The number of hydrogen-bond acceptors (Lipinski definition) is 3. The second kappa shape index (κ2) is 4.28. The predicted octanol–water partition coefficient (Wildman–Crippen LogP) is 1.49. The molecule has 1 heterocycles. The number of nitrogens with two attached hydrogens (primary N) is 1. The van der Waals surface area contributed by atoms with Gasteiger partial charge < -0.3 is 10.5 Å². The van der Waals surface area contributed by atoms with Gasteiger partial charge in [-0.1, -0.05) is 0 Å². The zero-order valence-electron chi connectivity index (χ0n) is 7.38. The Balaban J connectivity index is 3.05. The smallest absolute Gasteiger partial charge is 0.257 e. The standard InChI is InChI=1S/C8H9F3N2O/c1-14-6-2-4(5(9)3-13-6)7(12)8(10)11/h2-3,7-8H,12H2,1H3. The van der Waals surface area contributed by atoms with Gasteiger partial charge in [-0.3, -0.25) is 0 Å². The largest absolute Gasteiger partial charge is 0.481 e. The van der Waals surface area contributed by atoms with Gasteiger partial charge in [-0.25, -0.2) is 18.2 Å². The topological polar surface area (TPSA) is 48.1 Å². The van der Waals surface area contributed by atoms with Crippen LogP contribution in [-0.4, -0.2) is 18.5 Å². The summed E-state index contributed by atoms with van der Waals surface area (Å²) in [5.41, 5.74) is 4.79. The first-order chi connectivity index (χ1) is 6.56. The van der Waals surface area contributed by atoms with Crippen LogP contribution in [0.4, 0.5) is 13.2 Å². The average Bonchev–Trinajstić information content (AvgIpc) is 2.17. The lowest BCUT2D eigenvalue weighted by Gasteiger charge is -2.12. The molecule has 78 valence electrons. The first-order valence-electron chi connectivity index (χ1n) is 3.79. The molecule has 0 amide bonds. The summed E-state index contributed by atoms with van der Waals surface area (Å²) in [6.45, 7) is 0. The minimum Gasteiger partial charge on any atom is -0.481 e. The molecule has 0 radical (unpaired) electrons. The van der Waals surface area contributed by atoms with Crippen LogP contribution in [0.2, 0.25) is 0 Å². The minimum atomic E-state index is -2.82. The van der Waals surface area contributed by atoms with Crippen LogP contribution in [-0.2, 0) is 0 Å². The van der Waals surface area contributed by atoms with Crippen LogP contribution in [0.5, 0.6) is 5.88 Å². The van der Waals surface area contributed by atoms with Crippen LogP contribution >= 0.6 is 0 Å². The van der Waals surface area contributed by atoms with E-state index < -0.39 is 18.3 Å². The summed E-state index contributed by atoms with van der Waals surface area (Å²) in [4.78, 5) is 3.50. The van der Waals surface area contributed by atoms with Gasteiger partial charge in [0.1, 0.15) is 5.82 Å². The average molecular weight is 206 g/mol. The molecule has 0 aliphatic rings. The molecule has 0 aromatic carbocycles. The molecule has 1 aromatic rings. The van der Waals surface area contributed by atoms with E-state index in [-0.39, 0.29) is 11.4 Å². The summed E-state index contributed by atoms with van der Waals surface area (Å²) >= 11 is 0. The predicted molar refractivity (Wildman–Crippen MR) is 43.7 cm³/mol. The van der Waals surface area contributed by atoms with Gasteiger partial charge in [0.05, 0.1) is 19.3 Å². The first kappa shape index (κ1) is 10.8. The van der Waals surface area contributed by atoms with Crippen LogP contribution in [0.3, 0.4) is 0 Å². The lowest BCUT2D eigenvalue weighted by molar-refractivity contribution is 0.114. The monoisotopic (exact) mass is 206 g/mol. The Morgan fingerprint density at radius 3 is 2.64 bits per heavy atom. The highest BCUT2D eigenvalue weighted by molar-refractivity contribution is 5.25. The molecule has 0 saturated heterocycles. The zero-order chi connectivity index (χ0) is 10.7. The van der Waals surface area contributed by atoms with Crippen LogP contribution < -0.4 is 10.5 Å². The Morgan fingerprint density at radius 2 is 2.14 bits per heavy atom. The molecular weight excluding hydrogens is 197 g/mol. The van der Waals surface area contributed by atoms with Crippen molar-refractivity contribution in [1.82, 2.24) is 4.98 Å². The van der Waals surface area contributed by atoms with Crippen molar-refractivity contribution in [1.29, 1.82) is 0 Å². The van der Waals surface area contributed by atoms with E-state index in [1.807, 2.05) is 0 Å². The molecule has 14 heavy (non-hydrogen) atoms. The van der Waals surface area contributed by atoms with Crippen LogP contribution in [0, 0.1) is 5.82 Å². The Kier molecular flexibility index (Phi) is 3.29. The molecule has 6 heteroatoms. The van der Waals surface area contributed by atoms with Crippen LogP contribution in [0.25, 0.3) is 0 Å². The Hall–Kier alpha value is -1.30. The highest BCUT2D eigenvalue weighted by Gasteiger charge is 2.21. The molecule has 0 spiro atoms. The van der Waals surface area contributed by atoms with E-state index in [9.17, 15) is 13.2 Å². The van der Waals surface area contributed by atoms with Gasteiger partial charge in [-0.2, -0.15) is 0 Å². The number of halogens is 3. The maximum atomic E-state index is 13.0. The van der Waals surface area contributed by atoms with Crippen molar-refractivity contribution in [3.05, 3.63) is 23.6 Å². The molecule has 0 aliphatic carbocycles. The molecule has 2 N–H and O–H groups in total. The van der Waals surface area contributed by atoms with Crippen molar-refractivity contribution in [3.8, 4) is 5.88 Å². The van der Waals surface area contributed by atoms with E-state index in [4.69, 9.17) is 5.73 Å². The summed E-state index contributed by atoms with van der Waals surface area (Å²) in [6.07, 6.45) is -2.02. The van der Waals surface area contributed by atoms with Gasteiger partial charge in [-0.05, 0) is 0 Å². The fraction of sp³-hybridized carbons (Fsp3) is 0.375. The van der Waals surface area contributed by atoms with Gasteiger partial charge in [-0.15, -0.1) is 0 Å². The number of ether oxygens (including phenoxy) is 1. The zero-order valence-corrected chi connectivity index (χ0v) is 7.38. The van der Waals surface area contributed by atoms with Crippen molar-refractivity contribution in [2.24, 2.45) is 5.73 Å². The van der Waals surface area contributed by atoms with Crippen LogP contribution in [0.15, 0.2) is 12.3 Å². The second-order valence-electron chi connectivity index (χ2n) is 2.61. The third kappa shape index (κ3) is 2.14. The van der Waals surface area contributed by atoms with E-state index in [1.54, 1.807) is 0 Å². The number of rotatable bonds is 3.